The van der Waals surface area contributed by atoms with Gasteiger partial charge in [-0.2, -0.15) is 0 Å². The molecule has 2 heterocycles. The number of ether oxygens (including phenoxy) is 1. The Hall–Kier alpha value is -1.23. The molecule has 1 atom stereocenters. The van der Waals surface area contributed by atoms with E-state index in [4.69, 9.17) is 9.84 Å². The molecule has 1 aromatic heterocycles. The number of carboxylic acid groups (broad SMARTS) is 1. The van der Waals surface area contributed by atoms with E-state index < -0.39 is 6.09 Å². The van der Waals surface area contributed by atoms with Gasteiger partial charge in [-0.25, -0.2) is 4.79 Å². The van der Waals surface area contributed by atoms with Gasteiger partial charge in [-0.15, -0.1) is 11.3 Å². The highest BCUT2D eigenvalue weighted by Crippen LogP contribution is 2.35. The molecule has 1 aliphatic heterocycles. The van der Waals surface area contributed by atoms with Gasteiger partial charge in [-0.3, -0.25) is 4.90 Å². The van der Waals surface area contributed by atoms with Gasteiger partial charge in [0.2, 0.25) is 0 Å². The van der Waals surface area contributed by atoms with E-state index in [1.54, 1.807) is 11.3 Å². The highest BCUT2D eigenvalue weighted by molar-refractivity contribution is 7.10. The van der Waals surface area contributed by atoms with E-state index in [0.717, 1.165) is 17.0 Å². The normalized spacial score (nSPS) is 19.9. The largest absolute Gasteiger partial charge is 0.487 e. The van der Waals surface area contributed by atoms with Crippen molar-refractivity contribution in [2.45, 2.75) is 32.9 Å². The van der Waals surface area contributed by atoms with Crippen LogP contribution in [-0.4, -0.2) is 28.7 Å². The number of carbonyl (C=O) groups is 1. The maximum Gasteiger partial charge on any atom is 0.407 e. The molecule has 0 spiro atoms. The average Bonchev–Trinajstić information content (AvgIpc) is 2.51. The molecule has 1 N–H and O–H groups in total. The predicted octanol–water partition coefficient (Wildman–Crippen LogP) is 2.57. The van der Waals surface area contributed by atoms with E-state index in [1.807, 2.05) is 6.92 Å². The first-order valence-corrected chi connectivity index (χ1v) is 6.23. The molecule has 1 unspecified atom stereocenters. The van der Waals surface area contributed by atoms with Crippen LogP contribution in [0.1, 0.15) is 24.3 Å². The Morgan fingerprint density at radius 1 is 1.75 bits per heavy atom. The summed E-state index contributed by atoms with van der Waals surface area (Å²) in [5, 5.41) is 11.1. The highest BCUT2D eigenvalue weighted by atomic mass is 32.1. The van der Waals surface area contributed by atoms with Gasteiger partial charge in [0.1, 0.15) is 11.9 Å². The zero-order valence-corrected chi connectivity index (χ0v) is 10.2. The lowest BCUT2D eigenvalue weighted by Gasteiger charge is -2.18. The minimum absolute atomic E-state index is 0.0859. The zero-order chi connectivity index (χ0) is 11.7. The second kappa shape index (κ2) is 4.33. The van der Waals surface area contributed by atoms with Crippen molar-refractivity contribution in [3.63, 3.8) is 0 Å². The number of hydrogen-bond acceptors (Lipinski definition) is 3. The van der Waals surface area contributed by atoms with Crippen LogP contribution in [-0.2, 0) is 13.0 Å². The van der Waals surface area contributed by atoms with Crippen LogP contribution in [0.3, 0.4) is 0 Å². The molecule has 0 saturated carbocycles. The van der Waals surface area contributed by atoms with Crippen LogP contribution in [0.25, 0.3) is 0 Å². The van der Waals surface area contributed by atoms with Crippen molar-refractivity contribution in [2.24, 2.45) is 0 Å². The molecule has 0 aromatic carbocycles. The van der Waals surface area contributed by atoms with Gasteiger partial charge in [0.05, 0.1) is 18.0 Å². The molecule has 0 bridgehead atoms. The van der Waals surface area contributed by atoms with E-state index >= 15 is 0 Å². The Morgan fingerprint density at radius 3 is 3.12 bits per heavy atom. The van der Waals surface area contributed by atoms with Gasteiger partial charge in [0.25, 0.3) is 0 Å². The lowest BCUT2D eigenvalue weighted by molar-refractivity contribution is 0.121. The molecule has 16 heavy (non-hydrogen) atoms. The van der Waals surface area contributed by atoms with Crippen molar-refractivity contribution in [3.8, 4) is 5.75 Å². The molecule has 0 aliphatic carbocycles. The van der Waals surface area contributed by atoms with E-state index in [9.17, 15) is 4.79 Å². The predicted molar refractivity (Wildman–Crippen MR) is 62.2 cm³/mol. The summed E-state index contributed by atoms with van der Waals surface area (Å²) >= 11 is 1.58. The fraction of sp³-hybridized carbons (Fsp3) is 0.545. The number of thiophene rings is 1. The Bertz CT molecular complexity index is 402. The fourth-order valence-electron chi connectivity index (χ4n) is 1.86. The van der Waals surface area contributed by atoms with Crippen LogP contribution in [0, 0.1) is 0 Å². The quantitative estimate of drug-likeness (QED) is 0.822. The number of rotatable bonds is 1. The van der Waals surface area contributed by atoms with Crippen molar-refractivity contribution in [1.29, 1.82) is 0 Å². The summed E-state index contributed by atoms with van der Waals surface area (Å²) in [5.74, 6) is 0.906. The number of amides is 1. The molecular weight excluding hydrogens is 226 g/mol. The Morgan fingerprint density at radius 2 is 2.50 bits per heavy atom. The van der Waals surface area contributed by atoms with Gasteiger partial charge in [0, 0.05) is 5.56 Å². The second-order valence-electron chi connectivity index (χ2n) is 3.96. The Kier molecular flexibility index (Phi) is 3.05. The van der Waals surface area contributed by atoms with E-state index in [-0.39, 0.29) is 6.10 Å². The summed E-state index contributed by atoms with van der Waals surface area (Å²) in [5.41, 5.74) is 1.18. The molecular formula is C11H15NO3S. The van der Waals surface area contributed by atoms with Gasteiger partial charge in [-0.05, 0) is 18.7 Å². The summed E-state index contributed by atoms with van der Waals surface area (Å²) in [6, 6.07) is 0. The smallest absolute Gasteiger partial charge is 0.407 e. The van der Waals surface area contributed by atoms with E-state index in [1.165, 1.54) is 10.5 Å². The van der Waals surface area contributed by atoms with Gasteiger partial charge >= 0.3 is 6.09 Å². The second-order valence-corrected chi connectivity index (χ2v) is 4.92. The van der Waals surface area contributed by atoms with E-state index in [0.29, 0.717) is 13.1 Å². The van der Waals surface area contributed by atoms with Crippen LogP contribution in [0.2, 0.25) is 0 Å². The standard InChI is InChI=1S/C11H15NO3S/c1-3-8-6-16-9-5-12(11(13)14)4-7(2)15-10(8)9/h6-7H,3-5H2,1-2H3,(H,13,14). The molecule has 0 fully saturated rings. The van der Waals surface area contributed by atoms with Crippen molar-refractivity contribution in [1.82, 2.24) is 4.90 Å². The SMILES string of the molecule is CCc1csc2c1OC(C)CN(C(=O)O)C2. The first kappa shape index (κ1) is 11.3. The molecule has 2 rings (SSSR count). The monoisotopic (exact) mass is 241 g/mol. The van der Waals surface area contributed by atoms with Gasteiger partial charge in [-0.1, -0.05) is 6.92 Å². The van der Waals surface area contributed by atoms with Gasteiger partial charge in [0.15, 0.2) is 0 Å². The molecule has 1 aromatic rings. The molecule has 88 valence electrons. The Labute approximate surface area is 98.4 Å². The zero-order valence-electron chi connectivity index (χ0n) is 9.40. The van der Waals surface area contributed by atoms with Crippen molar-refractivity contribution >= 4 is 17.4 Å². The summed E-state index contributed by atoms with van der Waals surface area (Å²) in [7, 11) is 0. The van der Waals surface area contributed by atoms with Crippen molar-refractivity contribution in [3.05, 3.63) is 15.8 Å². The Balaban J connectivity index is 2.32. The number of nitrogens with zero attached hydrogens (tertiary/aromatic N) is 1. The lowest BCUT2D eigenvalue weighted by Crippen LogP contribution is -2.34. The third-order valence-electron chi connectivity index (χ3n) is 2.67. The van der Waals surface area contributed by atoms with Crippen LogP contribution in [0.4, 0.5) is 4.79 Å². The average molecular weight is 241 g/mol. The minimum Gasteiger partial charge on any atom is -0.487 e. The summed E-state index contributed by atoms with van der Waals surface area (Å²) < 4.78 is 5.80. The first-order valence-electron chi connectivity index (χ1n) is 5.35. The summed E-state index contributed by atoms with van der Waals surface area (Å²) in [6.45, 7) is 4.86. The molecule has 5 heteroatoms. The summed E-state index contributed by atoms with van der Waals surface area (Å²) in [6.07, 6.45) is -0.0435. The van der Waals surface area contributed by atoms with Crippen LogP contribution in [0.5, 0.6) is 5.75 Å². The first-order chi connectivity index (χ1) is 7.61. The van der Waals surface area contributed by atoms with Crippen molar-refractivity contribution < 1.29 is 14.6 Å². The maximum absolute atomic E-state index is 11.0. The molecule has 4 nitrogen and oxygen atoms in total. The molecule has 1 amide bonds. The van der Waals surface area contributed by atoms with E-state index in [2.05, 4.69) is 12.3 Å². The highest BCUT2D eigenvalue weighted by Gasteiger charge is 2.25. The number of hydrogen-bond donors (Lipinski definition) is 1. The number of fused-ring (bicyclic) bond motifs is 1. The summed E-state index contributed by atoms with van der Waals surface area (Å²) in [4.78, 5) is 13.4. The van der Waals surface area contributed by atoms with Crippen LogP contribution in [0.15, 0.2) is 5.38 Å². The van der Waals surface area contributed by atoms with Crippen LogP contribution < -0.4 is 4.74 Å². The molecule has 1 aliphatic rings. The maximum atomic E-state index is 11.0. The molecule has 0 saturated heterocycles. The fourth-order valence-corrected chi connectivity index (χ4v) is 2.93. The third kappa shape index (κ3) is 2.00. The topological polar surface area (TPSA) is 49.8 Å². The lowest BCUT2D eigenvalue weighted by atomic mass is 10.2. The molecule has 0 radical (unpaired) electrons. The van der Waals surface area contributed by atoms with Crippen LogP contribution >= 0.6 is 11.3 Å². The van der Waals surface area contributed by atoms with Gasteiger partial charge < -0.3 is 9.84 Å². The number of aryl methyl sites for hydroxylation is 1. The third-order valence-corrected chi connectivity index (χ3v) is 3.67. The van der Waals surface area contributed by atoms with Crippen molar-refractivity contribution in [2.75, 3.05) is 6.54 Å². The minimum atomic E-state index is -0.880.